The Morgan fingerprint density at radius 3 is 2.40 bits per heavy atom. The van der Waals surface area contributed by atoms with Crippen LogP contribution < -0.4 is 16.0 Å². The topological polar surface area (TPSA) is 104 Å². The summed E-state index contributed by atoms with van der Waals surface area (Å²) >= 11 is 0. The molecule has 0 spiro atoms. The van der Waals surface area contributed by atoms with Crippen LogP contribution in [0, 0.1) is 0 Å². The monoisotopic (exact) mass is 618 g/mol. The molecule has 2 aromatic carbocycles. The molecule has 1 aliphatic carbocycles. The van der Waals surface area contributed by atoms with Crippen molar-refractivity contribution in [1.82, 2.24) is 14.3 Å². The van der Waals surface area contributed by atoms with Crippen molar-refractivity contribution in [2.45, 2.75) is 62.3 Å². The molecule has 2 aromatic heterocycles. The van der Waals surface area contributed by atoms with Crippen LogP contribution in [0.4, 0.5) is 17.2 Å². The minimum Gasteiger partial charge on any atom is -0.369 e. The lowest BCUT2D eigenvalue weighted by atomic mass is 9.97. The Morgan fingerprint density at radius 2 is 1.63 bits per heavy atom. The van der Waals surface area contributed by atoms with E-state index in [0.29, 0.717) is 23.8 Å². The molecule has 0 amide bonds. The molecule has 226 valence electrons. The van der Waals surface area contributed by atoms with Crippen molar-refractivity contribution in [3.63, 3.8) is 0 Å². The van der Waals surface area contributed by atoms with Gasteiger partial charge in [0.1, 0.15) is 5.82 Å². The summed E-state index contributed by atoms with van der Waals surface area (Å²) in [6.07, 6.45) is 10.4. The lowest BCUT2D eigenvalue weighted by Gasteiger charge is -2.25. The van der Waals surface area contributed by atoms with Gasteiger partial charge in [0.25, 0.3) is 0 Å². The second-order valence-corrected chi connectivity index (χ2v) is 13.8. The van der Waals surface area contributed by atoms with Gasteiger partial charge in [0, 0.05) is 55.2 Å². The smallest absolute Gasteiger partial charge is 0.243 e. The second-order valence-electron chi connectivity index (χ2n) is 11.9. The van der Waals surface area contributed by atoms with E-state index in [0.717, 1.165) is 67.5 Å². The highest BCUT2D eigenvalue weighted by molar-refractivity contribution is 7.89. The SMILES string of the molecule is Cl.N[C@H]1CCN(c2c3c(nc4ccc(-c5ccnc(Nc6ccc(S(=O)(=O)N7CCCC7)cc6)c5)cc24)CCCCC3)C1. The number of aromatic nitrogens is 2. The van der Waals surface area contributed by atoms with E-state index in [1.165, 1.54) is 41.6 Å². The number of anilines is 3. The van der Waals surface area contributed by atoms with Crippen molar-refractivity contribution in [3.8, 4) is 11.1 Å². The molecule has 3 aliphatic rings. The molecular weight excluding hydrogens is 580 g/mol. The Bertz CT molecular complexity index is 1720. The van der Waals surface area contributed by atoms with Gasteiger partial charge in [0.05, 0.1) is 16.1 Å². The Morgan fingerprint density at radius 1 is 0.860 bits per heavy atom. The first-order valence-corrected chi connectivity index (χ1v) is 16.7. The quantitative estimate of drug-likeness (QED) is 0.253. The predicted molar refractivity (Wildman–Crippen MR) is 176 cm³/mol. The average molecular weight is 619 g/mol. The standard InChI is InChI=1S/C33H38N6O2S.ClH/c34-25-15-19-38(22-25)33-28-6-2-1-3-7-30(28)37-31-13-8-23(20-29(31)33)24-14-16-35-32(21-24)36-26-9-11-27(12-10-26)42(40,41)39-17-4-5-18-39;/h8-14,16,20-21,25H,1-7,15,17-19,22,34H2,(H,35,36);1H/t25-;/m0./s1. The highest BCUT2D eigenvalue weighted by atomic mass is 35.5. The van der Waals surface area contributed by atoms with Gasteiger partial charge in [-0.25, -0.2) is 13.4 Å². The van der Waals surface area contributed by atoms with Crippen LogP contribution in [-0.4, -0.2) is 54.9 Å². The fourth-order valence-electron chi connectivity index (χ4n) is 6.72. The molecule has 10 heteroatoms. The Labute approximate surface area is 260 Å². The Balaban J connectivity index is 0.00000329. The molecule has 7 rings (SSSR count). The van der Waals surface area contributed by atoms with Crippen LogP contribution in [0.1, 0.15) is 49.8 Å². The zero-order valence-corrected chi connectivity index (χ0v) is 26.0. The number of nitrogens with one attached hydrogen (secondary N) is 1. The summed E-state index contributed by atoms with van der Waals surface area (Å²) in [6, 6.07) is 17.8. The highest BCUT2D eigenvalue weighted by Crippen LogP contribution is 2.39. The minimum atomic E-state index is -3.44. The van der Waals surface area contributed by atoms with Gasteiger partial charge in [0.2, 0.25) is 10.0 Å². The number of aryl methyl sites for hydroxylation is 1. The molecule has 8 nitrogen and oxygen atoms in total. The Kier molecular flexibility index (Phi) is 8.60. The van der Waals surface area contributed by atoms with Crippen LogP contribution in [0.2, 0.25) is 0 Å². The number of hydrogen-bond donors (Lipinski definition) is 2. The number of nitrogens with zero attached hydrogens (tertiary/aromatic N) is 4. The van der Waals surface area contributed by atoms with Gasteiger partial charge in [-0.05, 0) is 110 Å². The number of fused-ring (bicyclic) bond motifs is 2. The van der Waals surface area contributed by atoms with E-state index in [-0.39, 0.29) is 18.4 Å². The normalized spacial score (nSPS) is 19.2. The summed E-state index contributed by atoms with van der Waals surface area (Å²) < 4.78 is 27.4. The molecule has 4 heterocycles. The van der Waals surface area contributed by atoms with Crippen LogP contribution in [0.5, 0.6) is 0 Å². The van der Waals surface area contributed by atoms with Crippen LogP contribution >= 0.6 is 12.4 Å². The molecule has 2 fully saturated rings. The van der Waals surface area contributed by atoms with Crippen LogP contribution in [-0.2, 0) is 22.9 Å². The summed E-state index contributed by atoms with van der Waals surface area (Å²) in [5, 5.41) is 4.55. The molecule has 2 aliphatic heterocycles. The van der Waals surface area contributed by atoms with Crippen molar-refractivity contribution >= 4 is 50.5 Å². The van der Waals surface area contributed by atoms with Gasteiger partial charge in [-0.2, -0.15) is 4.31 Å². The van der Waals surface area contributed by atoms with E-state index >= 15 is 0 Å². The maximum Gasteiger partial charge on any atom is 0.243 e. The zero-order valence-electron chi connectivity index (χ0n) is 24.3. The fraction of sp³-hybridized carbons (Fsp3) is 0.394. The third-order valence-electron chi connectivity index (χ3n) is 8.95. The molecule has 0 unspecified atom stereocenters. The van der Waals surface area contributed by atoms with Crippen molar-refractivity contribution in [1.29, 1.82) is 0 Å². The molecular formula is C33H39ClN6O2S. The van der Waals surface area contributed by atoms with E-state index in [4.69, 9.17) is 10.7 Å². The van der Waals surface area contributed by atoms with E-state index < -0.39 is 10.0 Å². The van der Waals surface area contributed by atoms with Gasteiger partial charge in [-0.15, -0.1) is 12.4 Å². The molecule has 4 aromatic rings. The van der Waals surface area contributed by atoms with Crippen molar-refractivity contribution < 1.29 is 8.42 Å². The predicted octanol–water partition coefficient (Wildman–Crippen LogP) is 6.05. The summed E-state index contributed by atoms with van der Waals surface area (Å²) in [5.74, 6) is 0.702. The minimum absolute atomic E-state index is 0. The summed E-state index contributed by atoms with van der Waals surface area (Å²) in [4.78, 5) is 12.5. The first-order valence-electron chi connectivity index (χ1n) is 15.3. The third-order valence-corrected chi connectivity index (χ3v) is 10.9. The number of nitrogens with two attached hydrogens (primary N) is 1. The molecule has 3 N–H and O–H groups in total. The van der Waals surface area contributed by atoms with E-state index in [2.05, 4.69) is 33.4 Å². The number of sulfonamides is 1. The molecule has 0 bridgehead atoms. The molecule has 0 radical (unpaired) electrons. The van der Waals surface area contributed by atoms with E-state index in [1.807, 2.05) is 18.3 Å². The summed E-state index contributed by atoms with van der Waals surface area (Å²) in [5.41, 5.74) is 14.4. The second kappa shape index (κ2) is 12.4. The average Bonchev–Trinajstić information content (AvgIpc) is 3.65. The summed E-state index contributed by atoms with van der Waals surface area (Å²) in [7, 11) is -3.44. The van der Waals surface area contributed by atoms with Gasteiger partial charge in [0.15, 0.2) is 0 Å². The zero-order chi connectivity index (χ0) is 28.7. The van der Waals surface area contributed by atoms with Gasteiger partial charge < -0.3 is 16.0 Å². The first-order chi connectivity index (χ1) is 20.5. The number of rotatable bonds is 6. The maximum atomic E-state index is 12.9. The molecule has 1 atom stereocenters. The molecule has 43 heavy (non-hydrogen) atoms. The highest BCUT2D eigenvalue weighted by Gasteiger charge is 2.28. The fourth-order valence-corrected chi connectivity index (χ4v) is 8.24. The largest absolute Gasteiger partial charge is 0.369 e. The van der Waals surface area contributed by atoms with Crippen molar-refractivity contribution in [3.05, 3.63) is 72.1 Å². The molecule has 0 saturated carbocycles. The van der Waals surface area contributed by atoms with E-state index in [9.17, 15) is 8.42 Å². The number of halogens is 1. The van der Waals surface area contributed by atoms with Gasteiger partial charge >= 0.3 is 0 Å². The maximum absolute atomic E-state index is 12.9. The van der Waals surface area contributed by atoms with E-state index in [1.54, 1.807) is 28.6 Å². The van der Waals surface area contributed by atoms with Crippen molar-refractivity contribution in [2.75, 3.05) is 36.4 Å². The Hall–Kier alpha value is -3.24. The first kappa shape index (κ1) is 29.8. The van der Waals surface area contributed by atoms with Crippen LogP contribution in [0.15, 0.2) is 65.7 Å². The number of pyridine rings is 2. The van der Waals surface area contributed by atoms with Gasteiger partial charge in [-0.3, -0.25) is 4.98 Å². The third kappa shape index (κ3) is 5.96. The van der Waals surface area contributed by atoms with Gasteiger partial charge in [-0.1, -0.05) is 12.5 Å². The lowest BCUT2D eigenvalue weighted by Crippen LogP contribution is -2.27. The summed E-state index contributed by atoms with van der Waals surface area (Å²) in [6.45, 7) is 3.06. The van der Waals surface area contributed by atoms with Crippen LogP contribution in [0.25, 0.3) is 22.0 Å². The van der Waals surface area contributed by atoms with Crippen molar-refractivity contribution in [2.24, 2.45) is 5.73 Å². The van der Waals surface area contributed by atoms with Crippen LogP contribution in [0.3, 0.4) is 0 Å². The lowest BCUT2D eigenvalue weighted by molar-refractivity contribution is 0.477. The number of benzene rings is 2. The molecule has 2 saturated heterocycles. The number of hydrogen-bond acceptors (Lipinski definition) is 7.